The molecule has 0 amide bonds. The Labute approximate surface area is 156 Å². The van der Waals surface area contributed by atoms with E-state index in [1.807, 2.05) is 7.05 Å². The summed E-state index contributed by atoms with van der Waals surface area (Å²) in [4.78, 5) is 6.79. The van der Waals surface area contributed by atoms with Crippen LogP contribution in [-0.4, -0.2) is 39.2 Å². The molecule has 5 heteroatoms. The van der Waals surface area contributed by atoms with Gasteiger partial charge in [0.2, 0.25) is 0 Å². The van der Waals surface area contributed by atoms with Gasteiger partial charge in [-0.25, -0.2) is 0 Å². The Kier molecular flexibility index (Phi) is 6.50. The van der Waals surface area contributed by atoms with Gasteiger partial charge in [0.05, 0.1) is 6.61 Å². The van der Waals surface area contributed by atoms with Crippen LogP contribution in [0.2, 0.25) is 0 Å². The molecule has 0 bridgehead atoms. The third-order valence-corrected chi connectivity index (χ3v) is 4.64. The summed E-state index contributed by atoms with van der Waals surface area (Å²) in [5.74, 6) is 0.849. The molecule has 0 saturated carbocycles. The summed E-state index contributed by atoms with van der Waals surface area (Å²) in [6, 6.07) is 19.4. The highest BCUT2D eigenvalue weighted by Gasteiger charge is 2.23. The zero-order valence-corrected chi connectivity index (χ0v) is 15.6. The zero-order valence-electron chi connectivity index (χ0n) is 15.6. The molecule has 2 aromatic rings. The van der Waals surface area contributed by atoms with Crippen molar-refractivity contribution in [1.29, 1.82) is 0 Å². The highest BCUT2D eigenvalue weighted by Crippen LogP contribution is 2.19. The second-order valence-corrected chi connectivity index (χ2v) is 6.59. The van der Waals surface area contributed by atoms with Gasteiger partial charge < -0.3 is 20.3 Å². The third kappa shape index (κ3) is 4.99. The van der Waals surface area contributed by atoms with Gasteiger partial charge in [-0.1, -0.05) is 42.5 Å². The Morgan fingerprint density at radius 2 is 1.96 bits per heavy atom. The predicted molar refractivity (Wildman–Crippen MR) is 108 cm³/mol. The minimum Gasteiger partial charge on any atom is -0.380 e. The lowest BCUT2D eigenvalue weighted by atomic mass is 10.1. The minimum absolute atomic E-state index is 0.404. The van der Waals surface area contributed by atoms with Crippen LogP contribution in [0.15, 0.2) is 59.6 Å². The van der Waals surface area contributed by atoms with Crippen molar-refractivity contribution in [3.8, 4) is 0 Å². The molecule has 1 heterocycles. The van der Waals surface area contributed by atoms with Gasteiger partial charge in [-0.3, -0.25) is 4.99 Å². The number of rotatable bonds is 6. The summed E-state index contributed by atoms with van der Waals surface area (Å²) < 4.78 is 5.20. The van der Waals surface area contributed by atoms with Crippen LogP contribution in [0.5, 0.6) is 0 Å². The van der Waals surface area contributed by atoms with Crippen molar-refractivity contribution in [2.75, 3.05) is 32.1 Å². The predicted octanol–water partition coefficient (Wildman–Crippen LogP) is 2.78. The first kappa shape index (κ1) is 18.3. The molecule has 1 unspecified atom stereocenters. The molecule has 2 aromatic carbocycles. The van der Waals surface area contributed by atoms with Crippen molar-refractivity contribution in [3.05, 3.63) is 65.7 Å². The zero-order chi connectivity index (χ0) is 18.2. The molecule has 0 radical (unpaired) electrons. The molecule has 26 heavy (non-hydrogen) atoms. The molecule has 138 valence electrons. The Morgan fingerprint density at radius 1 is 1.15 bits per heavy atom. The van der Waals surface area contributed by atoms with E-state index >= 15 is 0 Å². The number of anilines is 1. The first-order valence-corrected chi connectivity index (χ1v) is 9.12. The van der Waals surface area contributed by atoms with Gasteiger partial charge in [0.25, 0.3) is 0 Å². The standard InChI is InChI=1S/C21H28N4O/c1-22-21(23-14-17-7-6-8-18(13-17)16-26-2)24-19-11-12-25(15-19)20-9-4-3-5-10-20/h3-10,13,19H,11-12,14-16H2,1-2H3,(H2,22,23,24). The van der Waals surface area contributed by atoms with Crippen molar-refractivity contribution >= 4 is 11.6 Å². The molecule has 3 rings (SSSR count). The van der Waals surface area contributed by atoms with Crippen molar-refractivity contribution < 1.29 is 4.74 Å². The summed E-state index contributed by atoms with van der Waals surface area (Å²) in [5.41, 5.74) is 3.69. The van der Waals surface area contributed by atoms with Crippen LogP contribution in [0.1, 0.15) is 17.5 Å². The Morgan fingerprint density at radius 3 is 2.73 bits per heavy atom. The maximum Gasteiger partial charge on any atom is 0.191 e. The van der Waals surface area contributed by atoms with E-state index in [2.05, 4.69) is 75.1 Å². The maximum atomic E-state index is 5.20. The van der Waals surface area contributed by atoms with Crippen LogP contribution in [0.25, 0.3) is 0 Å². The smallest absolute Gasteiger partial charge is 0.191 e. The van der Waals surface area contributed by atoms with E-state index in [-0.39, 0.29) is 0 Å². The van der Waals surface area contributed by atoms with Gasteiger partial charge in [-0.05, 0) is 29.7 Å². The lowest BCUT2D eigenvalue weighted by Crippen LogP contribution is -2.44. The number of aliphatic imine (C=N–C) groups is 1. The van der Waals surface area contributed by atoms with E-state index < -0.39 is 0 Å². The fourth-order valence-corrected chi connectivity index (χ4v) is 3.32. The molecule has 1 fully saturated rings. The molecule has 0 aromatic heterocycles. The van der Waals surface area contributed by atoms with Gasteiger partial charge in [-0.2, -0.15) is 0 Å². The normalized spacial score (nSPS) is 17.4. The third-order valence-electron chi connectivity index (χ3n) is 4.64. The van der Waals surface area contributed by atoms with Gasteiger partial charge >= 0.3 is 0 Å². The van der Waals surface area contributed by atoms with Crippen molar-refractivity contribution in [1.82, 2.24) is 10.6 Å². The fourth-order valence-electron chi connectivity index (χ4n) is 3.32. The summed E-state index contributed by atoms with van der Waals surface area (Å²) in [5, 5.41) is 6.96. The summed E-state index contributed by atoms with van der Waals surface area (Å²) >= 11 is 0. The van der Waals surface area contributed by atoms with E-state index in [0.29, 0.717) is 12.6 Å². The average Bonchev–Trinajstić information content (AvgIpc) is 3.15. The van der Waals surface area contributed by atoms with Crippen molar-refractivity contribution in [2.45, 2.75) is 25.6 Å². The van der Waals surface area contributed by atoms with Crippen LogP contribution in [-0.2, 0) is 17.9 Å². The topological polar surface area (TPSA) is 48.9 Å². The number of guanidine groups is 1. The number of nitrogens with zero attached hydrogens (tertiary/aromatic N) is 2. The first-order chi connectivity index (χ1) is 12.8. The monoisotopic (exact) mass is 352 g/mol. The van der Waals surface area contributed by atoms with Crippen LogP contribution in [0, 0.1) is 0 Å². The van der Waals surface area contributed by atoms with Gasteiger partial charge in [-0.15, -0.1) is 0 Å². The number of benzene rings is 2. The fraction of sp³-hybridized carbons (Fsp3) is 0.381. The number of para-hydroxylation sites is 1. The van der Waals surface area contributed by atoms with Crippen LogP contribution in [0.3, 0.4) is 0 Å². The average molecular weight is 352 g/mol. The summed E-state index contributed by atoms with van der Waals surface area (Å²) in [7, 11) is 3.54. The van der Waals surface area contributed by atoms with E-state index in [4.69, 9.17) is 4.74 Å². The highest BCUT2D eigenvalue weighted by atomic mass is 16.5. The number of hydrogen-bond donors (Lipinski definition) is 2. The number of nitrogens with one attached hydrogen (secondary N) is 2. The number of methoxy groups -OCH3 is 1. The Balaban J connectivity index is 1.50. The molecular weight excluding hydrogens is 324 g/mol. The van der Waals surface area contributed by atoms with E-state index in [0.717, 1.165) is 32.0 Å². The molecule has 0 spiro atoms. The molecule has 2 N–H and O–H groups in total. The second kappa shape index (κ2) is 9.25. The lowest BCUT2D eigenvalue weighted by Gasteiger charge is -2.20. The second-order valence-electron chi connectivity index (χ2n) is 6.59. The number of hydrogen-bond acceptors (Lipinski definition) is 3. The SMILES string of the molecule is CN=C(NCc1cccc(COC)c1)NC1CCN(c2ccccc2)C1. The van der Waals surface area contributed by atoms with E-state index in [1.54, 1.807) is 7.11 Å². The Bertz CT molecular complexity index is 717. The lowest BCUT2D eigenvalue weighted by molar-refractivity contribution is 0.185. The Hall–Kier alpha value is -2.53. The van der Waals surface area contributed by atoms with Crippen molar-refractivity contribution in [3.63, 3.8) is 0 Å². The van der Waals surface area contributed by atoms with Gasteiger partial charge in [0, 0.05) is 45.5 Å². The van der Waals surface area contributed by atoms with Gasteiger partial charge in [0.1, 0.15) is 0 Å². The van der Waals surface area contributed by atoms with Crippen molar-refractivity contribution in [2.24, 2.45) is 4.99 Å². The quantitative estimate of drug-likeness (QED) is 0.620. The summed E-state index contributed by atoms with van der Waals surface area (Å²) in [6.45, 7) is 3.44. The molecule has 1 atom stereocenters. The molecule has 1 saturated heterocycles. The van der Waals surface area contributed by atoms with E-state index in [9.17, 15) is 0 Å². The highest BCUT2D eigenvalue weighted by molar-refractivity contribution is 5.80. The number of ether oxygens (including phenoxy) is 1. The van der Waals surface area contributed by atoms with Crippen LogP contribution < -0.4 is 15.5 Å². The van der Waals surface area contributed by atoms with E-state index in [1.165, 1.54) is 16.8 Å². The molecular formula is C21H28N4O. The molecule has 5 nitrogen and oxygen atoms in total. The van der Waals surface area contributed by atoms with Gasteiger partial charge in [0.15, 0.2) is 5.96 Å². The van der Waals surface area contributed by atoms with Crippen LogP contribution in [0.4, 0.5) is 5.69 Å². The first-order valence-electron chi connectivity index (χ1n) is 9.12. The largest absolute Gasteiger partial charge is 0.380 e. The molecule has 1 aliphatic rings. The minimum atomic E-state index is 0.404. The summed E-state index contributed by atoms with van der Waals surface area (Å²) in [6.07, 6.45) is 1.11. The molecule has 0 aliphatic carbocycles. The molecule has 1 aliphatic heterocycles. The van der Waals surface area contributed by atoms with Crippen LogP contribution >= 0.6 is 0 Å². The maximum absolute atomic E-state index is 5.20.